The normalized spacial score (nSPS) is 11.7. The van der Waals surface area contributed by atoms with Gasteiger partial charge >= 0.3 is 5.97 Å². The molecule has 5 heteroatoms. The van der Waals surface area contributed by atoms with Crippen LogP contribution in [0, 0.1) is 0 Å². The molecule has 104 valence electrons. The van der Waals surface area contributed by atoms with Gasteiger partial charge in [-0.1, -0.05) is 19.8 Å². The Morgan fingerprint density at radius 2 is 1.95 bits per heavy atom. The number of benzene rings is 1. The van der Waals surface area contributed by atoms with Crippen LogP contribution in [0.2, 0.25) is 0 Å². The van der Waals surface area contributed by atoms with Crippen LogP contribution in [0.5, 0.6) is 0 Å². The minimum absolute atomic E-state index is 0.209. The fourth-order valence-electron chi connectivity index (χ4n) is 1.60. The summed E-state index contributed by atoms with van der Waals surface area (Å²) >= 11 is 0. The fraction of sp³-hybridized carbons (Fsp3) is 0.429. The van der Waals surface area contributed by atoms with Crippen molar-refractivity contribution in [3.8, 4) is 0 Å². The predicted octanol–water partition coefficient (Wildman–Crippen LogP) is 1.93. The number of methoxy groups -OCH3 is 1. The zero-order chi connectivity index (χ0) is 14.3. The summed E-state index contributed by atoms with van der Waals surface area (Å²) in [6, 6.07) is 5.99. The molecular weight excluding hydrogens is 244 g/mol. The number of rotatable bonds is 6. The van der Waals surface area contributed by atoms with Crippen LogP contribution in [0.1, 0.15) is 36.5 Å². The molecule has 0 aliphatic rings. The number of esters is 1. The summed E-state index contributed by atoms with van der Waals surface area (Å²) in [6.07, 6.45) is 2.60. The number of nitrogens with two attached hydrogens (primary N) is 1. The zero-order valence-electron chi connectivity index (χ0n) is 11.3. The van der Waals surface area contributed by atoms with Crippen molar-refractivity contribution in [2.24, 2.45) is 5.73 Å². The van der Waals surface area contributed by atoms with Crippen LogP contribution in [0.3, 0.4) is 0 Å². The second kappa shape index (κ2) is 7.53. The highest BCUT2D eigenvalue weighted by molar-refractivity contribution is 5.95. The summed E-state index contributed by atoms with van der Waals surface area (Å²) in [6.45, 7) is 2.05. The van der Waals surface area contributed by atoms with Gasteiger partial charge in [0.1, 0.15) is 0 Å². The van der Waals surface area contributed by atoms with Crippen LogP contribution in [0.4, 0.5) is 5.69 Å². The Morgan fingerprint density at radius 3 is 2.47 bits per heavy atom. The Kier molecular flexibility index (Phi) is 6.02. The van der Waals surface area contributed by atoms with Gasteiger partial charge in [-0.25, -0.2) is 4.79 Å². The molecule has 0 heterocycles. The van der Waals surface area contributed by atoms with Crippen molar-refractivity contribution >= 4 is 17.6 Å². The smallest absolute Gasteiger partial charge is 0.337 e. The SMILES string of the molecule is CCCC[C@H](N)C(=O)Nc1ccc(C(=O)OC)cc1. The predicted molar refractivity (Wildman–Crippen MR) is 73.9 cm³/mol. The Labute approximate surface area is 113 Å². The molecule has 0 fully saturated rings. The van der Waals surface area contributed by atoms with E-state index in [1.165, 1.54) is 7.11 Å². The molecule has 0 bridgehead atoms. The maximum Gasteiger partial charge on any atom is 0.337 e. The molecule has 19 heavy (non-hydrogen) atoms. The van der Waals surface area contributed by atoms with E-state index in [0.717, 1.165) is 12.8 Å². The van der Waals surface area contributed by atoms with Gasteiger partial charge in [0.15, 0.2) is 0 Å². The molecule has 5 nitrogen and oxygen atoms in total. The summed E-state index contributed by atoms with van der Waals surface area (Å²) < 4.78 is 4.59. The average Bonchev–Trinajstić information content (AvgIpc) is 2.44. The first-order valence-corrected chi connectivity index (χ1v) is 6.33. The number of hydrogen-bond donors (Lipinski definition) is 2. The molecule has 3 N–H and O–H groups in total. The highest BCUT2D eigenvalue weighted by Crippen LogP contribution is 2.11. The molecule has 0 saturated carbocycles. The standard InChI is InChI=1S/C14H20N2O3/c1-3-4-5-12(15)13(17)16-11-8-6-10(7-9-11)14(18)19-2/h6-9,12H,3-5,15H2,1-2H3,(H,16,17)/t12-/m0/s1. The number of ether oxygens (including phenoxy) is 1. The summed E-state index contributed by atoms with van der Waals surface area (Å²) in [5, 5.41) is 2.72. The van der Waals surface area contributed by atoms with E-state index in [9.17, 15) is 9.59 Å². The number of unbranched alkanes of at least 4 members (excludes halogenated alkanes) is 1. The number of anilines is 1. The second-order valence-corrected chi connectivity index (χ2v) is 4.31. The Balaban J connectivity index is 2.57. The topological polar surface area (TPSA) is 81.4 Å². The van der Waals surface area contributed by atoms with Gasteiger partial charge in [0.2, 0.25) is 5.91 Å². The van der Waals surface area contributed by atoms with Gasteiger partial charge in [0.05, 0.1) is 18.7 Å². The molecule has 0 radical (unpaired) electrons. The lowest BCUT2D eigenvalue weighted by Gasteiger charge is -2.11. The second-order valence-electron chi connectivity index (χ2n) is 4.31. The summed E-state index contributed by atoms with van der Waals surface area (Å²) in [4.78, 5) is 23.0. The third-order valence-corrected chi connectivity index (χ3v) is 2.78. The van der Waals surface area contributed by atoms with E-state index in [-0.39, 0.29) is 5.91 Å². The van der Waals surface area contributed by atoms with Crippen LogP contribution in [0.25, 0.3) is 0 Å². The fourth-order valence-corrected chi connectivity index (χ4v) is 1.60. The lowest BCUT2D eigenvalue weighted by atomic mass is 10.1. The summed E-state index contributed by atoms with van der Waals surface area (Å²) in [5.74, 6) is -0.614. The summed E-state index contributed by atoms with van der Waals surface area (Å²) in [5.41, 5.74) is 6.82. The van der Waals surface area contributed by atoms with Gasteiger partial charge in [-0.05, 0) is 30.7 Å². The average molecular weight is 264 g/mol. The van der Waals surface area contributed by atoms with Crippen molar-refractivity contribution in [2.45, 2.75) is 32.2 Å². The number of amides is 1. The minimum atomic E-state index is -0.500. The van der Waals surface area contributed by atoms with Gasteiger partial charge in [0, 0.05) is 5.69 Å². The van der Waals surface area contributed by atoms with Crippen molar-refractivity contribution < 1.29 is 14.3 Å². The molecule has 1 aromatic carbocycles. The monoisotopic (exact) mass is 264 g/mol. The number of hydrogen-bond acceptors (Lipinski definition) is 4. The van der Waals surface area contributed by atoms with E-state index >= 15 is 0 Å². The molecule has 1 atom stereocenters. The molecule has 0 aliphatic carbocycles. The van der Waals surface area contributed by atoms with Gasteiger partial charge in [-0.2, -0.15) is 0 Å². The van der Waals surface area contributed by atoms with Crippen LogP contribution >= 0.6 is 0 Å². The van der Waals surface area contributed by atoms with Crippen LogP contribution in [-0.2, 0) is 9.53 Å². The Hall–Kier alpha value is -1.88. The molecular formula is C14H20N2O3. The van der Waals surface area contributed by atoms with Crippen molar-refractivity contribution in [1.82, 2.24) is 0 Å². The molecule has 0 unspecified atom stereocenters. The van der Waals surface area contributed by atoms with Crippen molar-refractivity contribution in [3.05, 3.63) is 29.8 Å². The number of carbonyl (C=O) groups is 2. The summed E-state index contributed by atoms with van der Waals surface area (Å²) in [7, 11) is 1.32. The quantitative estimate of drug-likeness (QED) is 0.769. The van der Waals surface area contributed by atoms with E-state index in [4.69, 9.17) is 5.73 Å². The zero-order valence-corrected chi connectivity index (χ0v) is 11.3. The maximum atomic E-state index is 11.8. The number of nitrogens with one attached hydrogen (secondary N) is 1. The largest absolute Gasteiger partial charge is 0.465 e. The first-order valence-electron chi connectivity index (χ1n) is 6.33. The first kappa shape index (κ1) is 15.2. The minimum Gasteiger partial charge on any atom is -0.465 e. The Bertz CT molecular complexity index is 429. The van der Waals surface area contributed by atoms with Crippen LogP contribution in [0.15, 0.2) is 24.3 Å². The van der Waals surface area contributed by atoms with Crippen molar-refractivity contribution in [3.63, 3.8) is 0 Å². The molecule has 1 rings (SSSR count). The molecule has 1 amide bonds. The van der Waals surface area contributed by atoms with Gasteiger partial charge in [-0.3, -0.25) is 4.79 Å². The third kappa shape index (κ3) is 4.71. The molecule has 0 spiro atoms. The van der Waals surface area contributed by atoms with Gasteiger partial charge in [0.25, 0.3) is 0 Å². The molecule has 1 aromatic rings. The number of carbonyl (C=O) groups excluding carboxylic acids is 2. The van der Waals surface area contributed by atoms with Crippen molar-refractivity contribution in [1.29, 1.82) is 0 Å². The van der Waals surface area contributed by atoms with Gasteiger partial charge < -0.3 is 15.8 Å². The van der Waals surface area contributed by atoms with Crippen molar-refractivity contribution in [2.75, 3.05) is 12.4 Å². The highest BCUT2D eigenvalue weighted by atomic mass is 16.5. The first-order chi connectivity index (χ1) is 9.08. The van der Waals surface area contributed by atoms with E-state index in [2.05, 4.69) is 17.0 Å². The van der Waals surface area contributed by atoms with E-state index in [1.807, 2.05) is 0 Å². The third-order valence-electron chi connectivity index (χ3n) is 2.78. The van der Waals surface area contributed by atoms with E-state index < -0.39 is 12.0 Å². The van der Waals surface area contributed by atoms with Crippen LogP contribution < -0.4 is 11.1 Å². The lowest BCUT2D eigenvalue weighted by molar-refractivity contribution is -0.117. The Morgan fingerprint density at radius 1 is 1.32 bits per heavy atom. The maximum absolute atomic E-state index is 11.8. The van der Waals surface area contributed by atoms with Gasteiger partial charge in [-0.15, -0.1) is 0 Å². The van der Waals surface area contributed by atoms with Crippen LogP contribution in [-0.4, -0.2) is 25.0 Å². The molecule has 0 aliphatic heterocycles. The lowest BCUT2D eigenvalue weighted by Crippen LogP contribution is -2.35. The van der Waals surface area contributed by atoms with E-state index in [0.29, 0.717) is 17.7 Å². The van der Waals surface area contributed by atoms with E-state index in [1.54, 1.807) is 24.3 Å². The molecule has 0 aromatic heterocycles. The highest BCUT2D eigenvalue weighted by Gasteiger charge is 2.13. The molecule has 0 saturated heterocycles.